The summed E-state index contributed by atoms with van der Waals surface area (Å²) in [6.07, 6.45) is 62.9. The molecule has 67 heavy (non-hydrogen) atoms. The van der Waals surface area contributed by atoms with Crippen molar-refractivity contribution in [3.05, 3.63) is 109 Å². The molecule has 0 aliphatic heterocycles. The molecule has 0 aromatic rings. The molecule has 1 N–H and O–H groups in total. The molecule has 0 fully saturated rings. The Morgan fingerprint density at radius 3 is 1.19 bits per heavy atom. The highest BCUT2D eigenvalue weighted by atomic mass is 16.7. The van der Waals surface area contributed by atoms with Crippen LogP contribution in [0.15, 0.2) is 109 Å². The molecule has 9 nitrogen and oxygen atoms in total. The topological polar surface area (TPSA) is 108 Å². The Hall–Kier alpha value is -4.05. The second-order valence-electron chi connectivity index (χ2n) is 18.1. The molecular weight excluding hydrogens is 839 g/mol. The summed E-state index contributed by atoms with van der Waals surface area (Å²) in [5, 5.41) is 9.68. The van der Waals surface area contributed by atoms with Crippen LogP contribution < -0.4 is 0 Å². The van der Waals surface area contributed by atoms with E-state index in [1.165, 1.54) is 19.3 Å². The van der Waals surface area contributed by atoms with Gasteiger partial charge in [0.25, 0.3) is 6.29 Å². The second-order valence-corrected chi connectivity index (χ2v) is 18.1. The zero-order chi connectivity index (χ0) is 49.2. The van der Waals surface area contributed by atoms with Crippen molar-refractivity contribution in [2.75, 3.05) is 47.5 Å². The highest BCUT2D eigenvalue weighted by Gasteiger charge is 2.25. The smallest absolute Gasteiger partial charge is 0.361 e. The van der Waals surface area contributed by atoms with Crippen molar-refractivity contribution in [1.82, 2.24) is 0 Å². The van der Waals surface area contributed by atoms with E-state index < -0.39 is 24.3 Å². The van der Waals surface area contributed by atoms with Gasteiger partial charge >= 0.3 is 17.9 Å². The fourth-order valence-electron chi connectivity index (χ4n) is 6.56. The van der Waals surface area contributed by atoms with Crippen LogP contribution in [0.2, 0.25) is 0 Å². The molecule has 0 aliphatic rings. The summed E-state index contributed by atoms with van der Waals surface area (Å²) in [6.45, 7) is 4.60. The molecule has 0 aromatic carbocycles. The average Bonchev–Trinajstić information content (AvgIpc) is 3.29. The monoisotopic (exact) mass is 935 g/mol. The van der Waals surface area contributed by atoms with Crippen LogP contribution in [0.1, 0.15) is 181 Å². The number of carbonyl (C=O) groups excluding carboxylic acids is 2. The molecule has 0 bridgehead atoms. The molecule has 0 aromatic heterocycles. The Labute approximate surface area is 409 Å². The van der Waals surface area contributed by atoms with Gasteiger partial charge in [-0.25, -0.2) is 4.79 Å². The molecule has 0 spiro atoms. The molecule has 0 heterocycles. The van der Waals surface area contributed by atoms with Gasteiger partial charge in [-0.2, -0.15) is 0 Å². The molecule has 0 aliphatic carbocycles. The van der Waals surface area contributed by atoms with Gasteiger partial charge in [-0.3, -0.25) is 9.59 Å². The van der Waals surface area contributed by atoms with Gasteiger partial charge < -0.3 is 28.5 Å². The molecule has 9 heteroatoms. The fraction of sp³-hybridized carbons (Fsp3) is 0.638. The number of rotatable bonds is 46. The maximum absolute atomic E-state index is 12.8. The number of nitrogens with zero attached hydrogens (tertiary/aromatic N) is 1. The van der Waals surface area contributed by atoms with Crippen LogP contribution in [0, 0.1) is 0 Å². The number of allylic oxidation sites excluding steroid dienone is 18. The third kappa shape index (κ3) is 49.7. The number of carboxylic acid groups (broad SMARTS) is 1. The molecular formula is C58H96NO8+. The van der Waals surface area contributed by atoms with Gasteiger partial charge in [-0.1, -0.05) is 181 Å². The minimum absolute atomic E-state index is 0.176. The van der Waals surface area contributed by atoms with E-state index >= 15 is 0 Å². The Balaban J connectivity index is 4.40. The first-order valence-electron chi connectivity index (χ1n) is 26.1. The standard InChI is InChI=1S/C58H95NO8/c1-6-8-10-12-14-16-18-20-22-24-25-26-27-28-29-30-31-33-35-37-39-41-43-45-47-49-56(61)67-54(53-66-58(57(62)63)64-51-50-59(3,4)5)52-65-55(60)48-46-44-42-40-38-36-34-32-23-21-19-17-15-13-11-9-7-2/h8-11,14-17,20-23,25-26,28-29,31,33,54,58H,6-7,12-13,18-19,24,27,30,32,34-53H2,1-5H3/p+1/b10-8-,11-9-,16-14-,17-15-,22-20-,23-21-,26-25-,29-28-,33-31-. The summed E-state index contributed by atoms with van der Waals surface area (Å²) in [7, 11) is 5.94. The number of ether oxygens (including phenoxy) is 4. The Bertz CT molecular complexity index is 1460. The van der Waals surface area contributed by atoms with E-state index in [1.54, 1.807) is 0 Å². The Morgan fingerprint density at radius 1 is 0.448 bits per heavy atom. The summed E-state index contributed by atoms with van der Waals surface area (Å²) in [6, 6.07) is 0. The van der Waals surface area contributed by atoms with Crippen LogP contribution in [0.4, 0.5) is 0 Å². The number of unbranched alkanes of at least 4 members (excludes halogenated alkanes) is 13. The molecule has 0 saturated heterocycles. The number of carboxylic acids is 1. The van der Waals surface area contributed by atoms with Gasteiger partial charge in [-0.05, 0) is 96.3 Å². The highest BCUT2D eigenvalue weighted by molar-refractivity contribution is 5.71. The summed E-state index contributed by atoms with van der Waals surface area (Å²) in [4.78, 5) is 37.3. The van der Waals surface area contributed by atoms with Crippen molar-refractivity contribution in [2.45, 2.75) is 193 Å². The summed E-state index contributed by atoms with van der Waals surface area (Å²) in [5.74, 6) is -2.05. The van der Waals surface area contributed by atoms with Crippen LogP contribution in [-0.4, -0.2) is 87.4 Å². The van der Waals surface area contributed by atoms with Crippen molar-refractivity contribution < 1.29 is 42.9 Å². The van der Waals surface area contributed by atoms with Crippen LogP contribution >= 0.6 is 0 Å². The number of likely N-dealkylation sites (N-methyl/N-ethyl adjacent to an activating group) is 1. The third-order valence-corrected chi connectivity index (χ3v) is 10.5. The van der Waals surface area contributed by atoms with E-state index in [0.717, 1.165) is 128 Å². The lowest BCUT2D eigenvalue weighted by Crippen LogP contribution is -2.40. The van der Waals surface area contributed by atoms with Gasteiger partial charge in [0.1, 0.15) is 13.2 Å². The van der Waals surface area contributed by atoms with E-state index in [9.17, 15) is 19.5 Å². The predicted molar refractivity (Wildman–Crippen MR) is 281 cm³/mol. The number of hydrogen-bond donors (Lipinski definition) is 1. The van der Waals surface area contributed by atoms with Crippen molar-refractivity contribution in [2.24, 2.45) is 0 Å². The first kappa shape index (κ1) is 63.0. The van der Waals surface area contributed by atoms with Crippen molar-refractivity contribution in [1.29, 1.82) is 0 Å². The van der Waals surface area contributed by atoms with Gasteiger partial charge in [0.2, 0.25) is 0 Å². The van der Waals surface area contributed by atoms with E-state index in [2.05, 4.69) is 123 Å². The van der Waals surface area contributed by atoms with E-state index in [4.69, 9.17) is 18.9 Å². The molecule has 2 unspecified atom stereocenters. The lowest BCUT2D eigenvalue weighted by Gasteiger charge is -2.25. The van der Waals surface area contributed by atoms with Crippen LogP contribution in [0.5, 0.6) is 0 Å². The number of quaternary nitrogens is 1. The maximum Gasteiger partial charge on any atom is 0.361 e. The zero-order valence-electron chi connectivity index (χ0n) is 43.0. The van der Waals surface area contributed by atoms with Gasteiger partial charge in [0, 0.05) is 12.8 Å². The van der Waals surface area contributed by atoms with Crippen molar-refractivity contribution >= 4 is 17.9 Å². The quantitative estimate of drug-likeness (QED) is 0.0211. The van der Waals surface area contributed by atoms with Gasteiger partial charge in [0.05, 0.1) is 34.4 Å². The van der Waals surface area contributed by atoms with E-state index in [1.807, 2.05) is 21.1 Å². The van der Waals surface area contributed by atoms with Crippen LogP contribution in [-0.2, 0) is 33.3 Å². The second kappa shape index (κ2) is 48.4. The maximum atomic E-state index is 12.8. The van der Waals surface area contributed by atoms with Crippen LogP contribution in [0.3, 0.4) is 0 Å². The number of aliphatic carboxylic acids is 1. The average molecular weight is 935 g/mol. The number of hydrogen-bond acceptors (Lipinski definition) is 7. The van der Waals surface area contributed by atoms with Crippen molar-refractivity contribution in [3.8, 4) is 0 Å². The first-order chi connectivity index (χ1) is 32.6. The van der Waals surface area contributed by atoms with Gasteiger partial charge in [-0.15, -0.1) is 0 Å². The third-order valence-electron chi connectivity index (χ3n) is 10.5. The minimum Gasteiger partial charge on any atom is -0.477 e. The molecule has 0 rings (SSSR count). The van der Waals surface area contributed by atoms with E-state index in [0.29, 0.717) is 17.4 Å². The number of carbonyl (C=O) groups is 3. The lowest BCUT2D eigenvalue weighted by molar-refractivity contribution is -0.870. The number of esters is 2. The van der Waals surface area contributed by atoms with Crippen molar-refractivity contribution in [3.63, 3.8) is 0 Å². The molecule has 0 radical (unpaired) electrons. The summed E-state index contributed by atoms with van der Waals surface area (Å²) < 4.78 is 22.8. The largest absolute Gasteiger partial charge is 0.477 e. The van der Waals surface area contributed by atoms with Crippen LogP contribution in [0.25, 0.3) is 0 Å². The normalized spacial score (nSPS) is 13.7. The highest BCUT2D eigenvalue weighted by Crippen LogP contribution is 2.13. The van der Waals surface area contributed by atoms with E-state index in [-0.39, 0.29) is 38.6 Å². The first-order valence-corrected chi connectivity index (χ1v) is 26.1. The molecule has 2 atom stereocenters. The zero-order valence-corrected chi connectivity index (χ0v) is 43.0. The lowest BCUT2D eigenvalue weighted by atomic mass is 10.1. The Kier molecular flexibility index (Phi) is 45.5. The SMILES string of the molecule is CC/C=C\C/C=C\C/C=C\C/C=C\C/C=C\C/C=C\CCCCCCCCC(=O)OC(COC(=O)CCCCCCCCC/C=C\C/C=C\C/C=C\CC)COC(OCC[N+](C)(C)C)C(=O)O. The predicted octanol–water partition coefficient (Wildman–Crippen LogP) is 14.8. The minimum atomic E-state index is -1.52. The summed E-state index contributed by atoms with van der Waals surface area (Å²) in [5.41, 5.74) is 0. The fourth-order valence-corrected chi connectivity index (χ4v) is 6.56. The Morgan fingerprint density at radius 2 is 0.806 bits per heavy atom. The molecule has 380 valence electrons. The van der Waals surface area contributed by atoms with Gasteiger partial charge in [0.15, 0.2) is 6.10 Å². The molecule has 0 amide bonds. The molecule has 0 saturated carbocycles. The summed E-state index contributed by atoms with van der Waals surface area (Å²) >= 11 is 0.